The Bertz CT molecular complexity index is 426. The fraction of sp³-hybridized carbons (Fsp3) is 0.545. The molecule has 1 aromatic rings. The van der Waals surface area contributed by atoms with E-state index in [2.05, 4.69) is 9.97 Å². The van der Waals surface area contributed by atoms with Gasteiger partial charge in [-0.1, -0.05) is 18.7 Å². The van der Waals surface area contributed by atoms with E-state index in [0.29, 0.717) is 5.16 Å². The highest BCUT2D eigenvalue weighted by Gasteiger charge is 2.16. The molecule has 0 radical (unpaired) electrons. The molecule has 0 saturated heterocycles. The molecule has 1 rings (SSSR count). The summed E-state index contributed by atoms with van der Waals surface area (Å²) in [6.07, 6.45) is 0.863. The largest absolute Gasteiger partial charge is 0.462 e. The molecule has 0 fully saturated rings. The molecule has 7 heteroatoms. The molecule has 0 spiro atoms. The fourth-order valence-corrected chi connectivity index (χ4v) is 1.86. The van der Waals surface area contributed by atoms with Gasteiger partial charge in [-0.3, -0.25) is 0 Å². The summed E-state index contributed by atoms with van der Waals surface area (Å²) in [5.41, 5.74) is 5.83. The number of hydrogen-bond acceptors (Lipinski definition) is 7. The summed E-state index contributed by atoms with van der Waals surface area (Å²) in [7, 11) is 0. The molecule has 0 bridgehead atoms. The molecule has 100 valence electrons. The van der Waals surface area contributed by atoms with Crippen molar-refractivity contribution in [3.05, 3.63) is 11.8 Å². The number of nitrogens with two attached hydrogens (primary N) is 1. The van der Waals surface area contributed by atoms with Gasteiger partial charge in [-0.15, -0.1) is 0 Å². The van der Waals surface area contributed by atoms with Crippen LogP contribution in [0.4, 0.5) is 5.82 Å². The van der Waals surface area contributed by atoms with E-state index < -0.39 is 12.1 Å². The van der Waals surface area contributed by atoms with Gasteiger partial charge in [-0.2, -0.15) is 0 Å². The van der Waals surface area contributed by atoms with Gasteiger partial charge in [0, 0.05) is 11.4 Å². The zero-order chi connectivity index (χ0) is 13.7. The van der Waals surface area contributed by atoms with E-state index in [-0.39, 0.29) is 23.2 Å². The van der Waals surface area contributed by atoms with Crippen molar-refractivity contribution >= 4 is 23.5 Å². The third-order valence-corrected chi connectivity index (χ3v) is 3.44. The highest BCUT2D eigenvalue weighted by atomic mass is 32.2. The third kappa shape index (κ3) is 3.85. The maximum Gasteiger partial charge on any atom is 0.343 e. The molecule has 2 unspecified atom stereocenters. The lowest BCUT2D eigenvalue weighted by Gasteiger charge is -2.13. The maximum atomic E-state index is 11.5. The molecule has 1 aromatic heterocycles. The van der Waals surface area contributed by atoms with Crippen molar-refractivity contribution < 1.29 is 14.6 Å². The smallest absolute Gasteiger partial charge is 0.343 e. The topological polar surface area (TPSA) is 98.3 Å². The van der Waals surface area contributed by atoms with Gasteiger partial charge in [0.1, 0.15) is 11.4 Å². The molecule has 0 saturated carbocycles. The lowest BCUT2D eigenvalue weighted by Crippen LogP contribution is -2.16. The van der Waals surface area contributed by atoms with E-state index >= 15 is 0 Å². The van der Waals surface area contributed by atoms with Gasteiger partial charge >= 0.3 is 5.97 Å². The number of esters is 1. The van der Waals surface area contributed by atoms with Crippen molar-refractivity contribution in [3.63, 3.8) is 0 Å². The SMILES string of the molecule is CCOC(=O)c1cnc(SC(C)C(C)O)nc1N. The minimum absolute atomic E-state index is 0.0576. The Morgan fingerprint density at radius 2 is 2.28 bits per heavy atom. The van der Waals surface area contributed by atoms with Crippen LogP contribution < -0.4 is 5.73 Å². The van der Waals surface area contributed by atoms with E-state index in [1.54, 1.807) is 13.8 Å². The molecule has 18 heavy (non-hydrogen) atoms. The third-order valence-electron chi connectivity index (χ3n) is 2.26. The second kappa shape index (κ2) is 6.55. The average Bonchev–Trinajstić information content (AvgIpc) is 2.29. The number of thioether (sulfide) groups is 1. The summed E-state index contributed by atoms with van der Waals surface area (Å²) in [6, 6.07) is 0. The summed E-state index contributed by atoms with van der Waals surface area (Å²) in [6.45, 7) is 5.53. The number of ether oxygens (including phenoxy) is 1. The number of aliphatic hydroxyl groups excluding tert-OH is 1. The van der Waals surface area contributed by atoms with Gasteiger partial charge in [-0.05, 0) is 13.8 Å². The Kier molecular flexibility index (Phi) is 5.36. The number of aromatic nitrogens is 2. The van der Waals surface area contributed by atoms with E-state index in [0.717, 1.165) is 0 Å². The van der Waals surface area contributed by atoms with Gasteiger partial charge in [0.15, 0.2) is 5.16 Å². The Hall–Kier alpha value is -1.34. The second-order valence-corrected chi connectivity index (χ2v) is 5.08. The van der Waals surface area contributed by atoms with Gasteiger partial charge in [0.2, 0.25) is 0 Å². The molecular formula is C11H17N3O3S. The van der Waals surface area contributed by atoms with Crippen molar-refractivity contribution in [2.24, 2.45) is 0 Å². The molecule has 1 heterocycles. The molecule has 0 aliphatic heterocycles. The van der Waals surface area contributed by atoms with Crippen LogP contribution in [0.25, 0.3) is 0 Å². The zero-order valence-electron chi connectivity index (χ0n) is 10.6. The summed E-state index contributed by atoms with van der Waals surface area (Å²) < 4.78 is 4.82. The number of nitrogens with zero attached hydrogens (tertiary/aromatic N) is 2. The van der Waals surface area contributed by atoms with Crippen LogP contribution >= 0.6 is 11.8 Å². The van der Waals surface area contributed by atoms with E-state index in [1.165, 1.54) is 18.0 Å². The summed E-state index contributed by atoms with van der Waals surface area (Å²) in [5, 5.41) is 9.75. The number of hydrogen-bond donors (Lipinski definition) is 2. The monoisotopic (exact) mass is 271 g/mol. The second-order valence-electron chi connectivity index (χ2n) is 3.74. The zero-order valence-corrected chi connectivity index (χ0v) is 11.4. The van der Waals surface area contributed by atoms with Crippen molar-refractivity contribution in [2.75, 3.05) is 12.3 Å². The maximum absolute atomic E-state index is 11.5. The minimum Gasteiger partial charge on any atom is -0.462 e. The summed E-state index contributed by atoms with van der Waals surface area (Å²) in [5.74, 6) is -0.445. The van der Waals surface area contributed by atoms with Crippen molar-refractivity contribution in [1.82, 2.24) is 9.97 Å². The lowest BCUT2D eigenvalue weighted by molar-refractivity contribution is 0.0526. The van der Waals surface area contributed by atoms with Gasteiger partial charge in [0.25, 0.3) is 0 Å². The fourth-order valence-electron chi connectivity index (χ4n) is 1.07. The van der Waals surface area contributed by atoms with Crippen LogP contribution in [0.2, 0.25) is 0 Å². The number of carbonyl (C=O) groups is 1. The van der Waals surface area contributed by atoms with Crippen molar-refractivity contribution in [3.8, 4) is 0 Å². The van der Waals surface area contributed by atoms with Crippen LogP contribution in [-0.4, -0.2) is 39.0 Å². The first-order chi connectivity index (χ1) is 8.45. The first-order valence-electron chi connectivity index (χ1n) is 5.60. The van der Waals surface area contributed by atoms with E-state index in [4.69, 9.17) is 10.5 Å². The van der Waals surface area contributed by atoms with Gasteiger partial charge in [-0.25, -0.2) is 14.8 Å². The molecular weight excluding hydrogens is 254 g/mol. The summed E-state index contributed by atoms with van der Waals surface area (Å²) >= 11 is 1.30. The Morgan fingerprint density at radius 3 is 2.78 bits per heavy atom. The van der Waals surface area contributed by atoms with Crippen LogP contribution in [-0.2, 0) is 4.74 Å². The van der Waals surface area contributed by atoms with Gasteiger partial charge in [0.05, 0.1) is 12.7 Å². The number of aliphatic hydroxyl groups is 1. The quantitative estimate of drug-likeness (QED) is 0.470. The highest BCUT2D eigenvalue weighted by molar-refractivity contribution is 7.99. The normalized spacial score (nSPS) is 14.0. The Labute approximate surface area is 110 Å². The predicted molar refractivity (Wildman–Crippen MR) is 69.4 cm³/mol. The minimum atomic E-state index is -0.532. The predicted octanol–water partition coefficient (Wildman–Crippen LogP) is 1.10. The first kappa shape index (κ1) is 14.7. The Morgan fingerprint density at radius 1 is 1.61 bits per heavy atom. The summed E-state index contributed by atoms with van der Waals surface area (Å²) in [4.78, 5) is 19.5. The van der Waals surface area contributed by atoms with Gasteiger partial charge < -0.3 is 15.6 Å². The van der Waals surface area contributed by atoms with E-state index in [9.17, 15) is 9.90 Å². The van der Waals surface area contributed by atoms with Crippen LogP contribution in [0.1, 0.15) is 31.1 Å². The highest BCUT2D eigenvalue weighted by Crippen LogP contribution is 2.23. The van der Waals surface area contributed by atoms with Crippen molar-refractivity contribution in [2.45, 2.75) is 37.3 Å². The van der Waals surface area contributed by atoms with Crippen LogP contribution in [0.15, 0.2) is 11.4 Å². The molecule has 0 aliphatic carbocycles. The molecule has 0 aromatic carbocycles. The molecule has 2 atom stereocenters. The van der Waals surface area contributed by atoms with Crippen molar-refractivity contribution in [1.29, 1.82) is 0 Å². The molecule has 6 nitrogen and oxygen atoms in total. The lowest BCUT2D eigenvalue weighted by atomic mass is 10.3. The van der Waals surface area contributed by atoms with Crippen LogP contribution in [0.3, 0.4) is 0 Å². The first-order valence-corrected chi connectivity index (χ1v) is 6.48. The average molecular weight is 271 g/mol. The number of carbonyl (C=O) groups excluding carboxylic acids is 1. The molecule has 3 N–H and O–H groups in total. The number of nitrogen functional groups attached to an aromatic ring is 1. The van der Waals surface area contributed by atoms with Crippen LogP contribution in [0.5, 0.6) is 0 Å². The molecule has 0 amide bonds. The number of rotatable bonds is 5. The standard InChI is InChI=1S/C11H17N3O3S/c1-4-17-10(16)8-5-13-11(14-9(8)12)18-7(3)6(2)15/h5-7,15H,4H2,1-3H3,(H2,12,13,14). The van der Waals surface area contributed by atoms with Crippen LogP contribution in [0, 0.1) is 0 Å². The Balaban J connectivity index is 2.82. The number of anilines is 1. The van der Waals surface area contributed by atoms with E-state index in [1.807, 2.05) is 6.92 Å². The molecule has 0 aliphatic rings.